The Labute approximate surface area is 213 Å². The number of hydrogen-bond donors (Lipinski definition) is 4. The lowest BCUT2D eigenvalue weighted by atomic mass is 9.99. The van der Waals surface area contributed by atoms with Crippen molar-refractivity contribution in [3.05, 3.63) is 11.6 Å². The highest BCUT2D eigenvalue weighted by molar-refractivity contribution is 5.93. The summed E-state index contributed by atoms with van der Waals surface area (Å²) in [5, 5.41) is 22.8. The summed E-state index contributed by atoms with van der Waals surface area (Å²) < 4.78 is 0. The van der Waals surface area contributed by atoms with Gasteiger partial charge in [0.2, 0.25) is 18.2 Å². The number of carbonyl (C=O) groups excluding carboxylic acids is 3. The number of likely N-dealkylation sites (N-methyl/N-ethyl adjacent to an activating group) is 1. The lowest BCUT2D eigenvalue weighted by Gasteiger charge is -2.29. The van der Waals surface area contributed by atoms with E-state index in [2.05, 4.69) is 43.2 Å². The van der Waals surface area contributed by atoms with Gasteiger partial charge in [0.15, 0.2) is 0 Å². The van der Waals surface area contributed by atoms with Gasteiger partial charge in [0.1, 0.15) is 0 Å². The van der Waals surface area contributed by atoms with E-state index in [1.165, 1.54) is 43.7 Å². The number of amides is 3. The molecule has 0 bridgehead atoms. The molecule has 4 N–H and O–H groups in total. The molecule has 0 aliphatic carbocycles. The monoisotopic (exact) mass is 500 g/mol. The molecule has 0 aromatic heterocycles. The number of nitrogens with zero attached hydrogens (tertiary/aromatic N) is 2. The van der Waals surface area contributed by atoms with Crippen molar-refractivity contribution in [3.63, 3.8) is 0 Å². The molecule has 0 aromatic rings. The van der Waals surface area contributed by atoms with Crippen LogP contribution in [0.2, 0.25) is 0 Å². The fourth-order valence-electron chi connectivity index (χ4n) is 3.39. The molecule has 1 saturated heterocycles. The first-order valence-electron chi connectivity index (χ1n) is 12.9. The van der Waals surface area contributed by atoms with Gasteiger partial charge in [-0.25, -0.2) is 0 Å². The summed E-state index contributed by atoms with van der Waals surface area (Å²) in [6.45, 7) is 16.1. The molecule has 3 amide bonds. The van der Waals surface area contributed by atoms with Crippen molar-refractivity contribution in [2.45, 2.75) is 92.3 Å². The number of nitrogens with one attached hydrogen (secondary N) is 2. The Morgan fingerprint density at radius 3 is 1.91 bits per heavy atom. The Kier molecular flexibility index (Phi) is 21.4. The minimum atomic E-state index is -0.723. The zero-order chi connectivity index (χ0) is 27.4. The lowest BCUT2D eigenvalue weighted by Crippen LogP contribution is -2.44. The van der Waals surface area contributed by atoms with Crippen molar-refractivity contribution in [3.8, 4) is 0 Å². The van der Waals surface area contributed by atoms with Crippen molar-refractivity contribution in [1.29, 1.82) is 0 Å². The number of likely N-dealkylation sites (tertiary alicyclic amines) is 1. The van der Waals surface area contributed by atoms with Gasteiger partial charge in [-0.05, 0) is 52.6 Å². The summed E-state index contributed by atoms with van der Waals surface area (Å²) in [6, 6.07) is -0.284. The Morgan fingerprint density at radius 2 is 1.54 bits per heavy atom. The number of rotatable bonds is 11. The van der Waals surface area contributed by atoms with Crippen molar-refractivity contribution in [1.82, 2.24) is 20.4 Å². The van der Waals surface area contributed by atoms with Crippen LogP contribution in [0, 0.1) is 5.92 Å². The average molecular weight is 501 g/mol. The molecule has 0 spiro atoms. The molecule has 1 aliphatic rings. The molecule has 206 valence electrons. The first kappa shape index (κ1) is 35.2. The summed E-state index contributed by atoms with van der Waals surface area (Å²) in [7, 11) is 1.60. The van der Waals surface area contributed by atoms with Crippen LogP contribution >= 0.6 is 0 Å². The van der Waals surface area contributed by atoms with Crippen LogP contribution in [0.25, 0.3) is 0 Å². The van der Waals surface area contributed by atoms with Gasteiger partial charge in [0, 0.05) is 18.7 Å². The minimum Gasteiger partial charge on any atom is -0.394 e. The maximum absolute atomic E-state index is 12.0. The second-order valence-corrected chi connectivity index (χ2v) is 9.52. The van der Waals surface area contributed by atoms with Crippen molar-refractivity contribution in [2.24, 2.45) is 5.92 Å². The molecule has 0 unspecified atom stereocenters. The predicted octanol–water partition coefficient (Wildman–Crippen LogP) is 1.93. The first-order chi connectivity index (χ1) is 16.5. The molecule has 0 radical (unpaired) electrons. The topological polar surface area (TPSA) is 122 Å². The molecule has 1 rings (SSSR count). The summed E-state index contributed by atoms with van der Waals surface area (Å²) >= 11 is 0. The normalized spacial score (nSPS) is 14.9. The van der Waals surface area contributed by atoms with Gasteiger partial charge in [0.25, 0.3) is 0 Å². The molecule has 1 heterocycles. The number of carbonyl (C=O) groups is 3. The summed E-state index contributed by atoms with van der Waals surface area (Å²) in [5.41, 5.74) is 0.374. The highest BCUT2D eigenvalue weighted by Gasteiger charge is 2.22. The summed E-state index contributed by atoms with van der Waals surface area (Å²) in [6.07, 6.45) is 7.64. The Morgan fingerprint density at radius 1 is 1.03 bits per heavy atom. The van der Waals surface area contributed by atoms with E-state index in [9.17, 15) is 14.4 Å². The number of aliphatic hydroxyl groups excluding tert-OH is 2. The van der Waals surface area contributed by atoms with Crippen molar-refractivity contribution in [2.75, 3.05) is 39.9 Å². The van der Waals surface area contributed by atoms with Gasteiger partial charge in [-0.2, -0.15) is 0 Å². The third-order valence-electron chi connectivity index (χ3n) is 5.54. The predicted molar refractivity (Wildman–Crippen MR) is 142 cm³/mol. The molecule has 1 atom stereocenters. The van der Waals surface area contributed by atoms with Crippen LogP contribution in [0.4, 0.5) is 0 Å². The second-order valence-electron chi connectivity index (χ2n) is 9.52. The zero-order valence-electron chi connectivity index (χ0n) is 23.3. The quantitative estimate of drug-likeness (QED) is 0.254. The third-order valence-corrected chi connectivity index (χ3v) is 5.54. The van der Waals surface area contributed by atoms with Gasteiger partial charge in [-0.1, -0.05) is 46.6 Å². The van der Waals surface area contributed by atoms with E-state index in [-0.39, 0.29) is 37.6 Å². The Hall–Kier alpha value is -1.97. The number of hydrogen-bond acceptors (Lipinski definition) is 6. The molecule has 35 heavy (non-hydrogen) atoms. The summed E-state index contributed by atoms with van der Waals surface area (Å²) in [5.74, 6) is -0.645. The average Bonchev–Trinajstić information content (AvgIpc) is 2.84. The van der Waals surface area contributed by atoms with Crippen LogP contribution in [0.3, 0.4) is 0 Å². The second kappa shape index (κ2) is 21.3. The highest BCUT2D eigenvalue weighted by Crippen LogP contribution is 2.14. The third kappa shape index (κ3) is 16.4. The van der Waals surface area contributed by atoms with Gasteiger partial charge in [0.05, 0.1) is 31.8 Å². The Balaban J connectivity index is 0. The van der Waals surface area contributed by atoms with Gasteiger partial charge in [-0.3, -0.25) is 14.4 Å². The number of aliphatic hydroxyl groups is 2. The van der Waals surface area contributed by atoms with E-state index < -0.39 is 11.9 Å². The van der Waals surface area contributed by atoms with Crippen molar-refractivity contribution >= 4 is 18.2 Å². The van der Waals surface area contributed by atoms with Crippen LogP contribution in [0.15, 0.2) is 11.6 Å². The van der Waals surface area contributed by atoms with Crippen molar-refractivity contribution < 1.29 is 24.6 Å². The van der Waals surface area contributed by atoms with E-state index in [0.29, 0.717) is 12.0 Å². The molecule has 0 saturated carbocycles. The first-order valence-corrected chi connectivity index (χ1v) is 12.9. The maximum Gasteiger partial charge on any atom is 0.247 e. The van der Waals surface area contributed by atoms with Crippen LogP contribution in [0.1, 0.15) is 74.1 Å². The fourth-order valence-corrected chi connectivity index (χ4v) is 3.39. The summed E-state index contributed by atoms with van der Waals surface area (Å²) in [4.78, 5) is 38.3. The van der Waals surface area contributed by atoms with Gasteiger partial charge >= 0.3 is 0 Å². The van der Waals surface area contributed by atoms with E-state index >= 15 is 0 Å². The van der Waals surface area contributed by atoms with E-state index in [0.717, 1.165) is 6.04 Å². The largest absolute Gasteiger partial charge is 0.394 e. The SMILES string of the molecule is C/C(=C\[C@H](C(C)C)N(C)C(=O)CNC=O)C(=O)NC(CO)CO.CC(C)N1CCCCC1.CCC. The molecular weight excluding hydrogens is 448 g/mol. The van der Waals surface area contributed by atoms with E-state index in [1.807, 2.05) is 13.8 Å². The molecular formula is C26H52N4O5. The fraction of sp³-hybridized carbons (Fsp3) is 0.808. The maximum atomic E-state index is 12.0. The van der Waals surface area contributed by atoms with Gasteiger partial charge in [-0.15, -0.1) is 0 Å². The highest BCUT2D eigenvalue weighted by atomic mass is 16.3. The number of piperidine rings is 1. The van der Waals surface area contributed by atoms with Crippen LogP contribution in [-0.2, 0) is 14.4 Å². The van der Waals surface area contributed by atoms with E-state index in [4.69, 9.17) is 10.2 Å². The minimum absolute atomic E-state index is 0.0504. The van der Waals surface area contributed by atoms with E-state index in [1.54, 1.807) is 20.0 Å². The molecule has 9 heteroatoms. The molecule has 1 fully saturated rings. The van der Waals surface area contributed by atoms with Crippen LogP contribution in [0.5, 0.6) is 0 Å². The van der Waals surface area contributed by atoms with Crippen LogP contribution in [-0.4, -0.2) is 96.3 Å². The zero-order valence-corrected chi connectivity index (χ0v) is 23.3. The lowest BCUT2D eigenvalue weighted by molar-refractivity contribution is -0.132. The van der Waals surface area contributed by atoms with Crippen LogP contribution < -0.4 is 10.6 Å². The smallest absolute Gasteiger partial charge is 0.247 e. The molecule has 9 nitrogen and oxygen atoms in total. The molecule has 1 aliphatic heterocycles. The Bertz CT molecular complexity index is 601. The standard InChI is InChI=1S/C15H27N3O5.C8H17N.C3H8/c1-10(2)13(18(4)14(22)6-16-9-21)5-11(3)15(23)17-12(7-19)8-20;1-8(2)9-6-4-3-5-7-9;1-3-2/h5,9-10,12-13,19-20H,6-8H2,1-4H3,(H,16,21)(H,17,23);8H,3-7H2,1-2H3;3H2,1-2H3/b11-5+;;/t13-;;/m1../s1. The molecule has 0 aromatic carbocycles. The van der Waals surface area contributed by atoms with Gasteiger partial charge < -0.3 is 30.6 Å².